The molecule has 1 rings (SSSR count). The zero-order valence-electron chi connectivity index (χ0n) is 8.27. The molecule has 0 aromatic heterocycles. The number of nitrogens with one attached hydrogen (secondary N) is 1. The fraction of sp³-hybridized carbons (Fsp3) is 0.300. The van der Waals surface area contributed by atoms with Gasteiger partial charge in [0.05, 0.1) is 15.0 Å². The number of amides is 1. The summed E-state index contributed by atoms with van der Waals surface area (Å²) in [7, 11) is 0. The predicted octanol–water partition coefficient (Wildman–Crippen LogP) is 4.11. The first-order chi connectivity index (χ1) is 6.80. The van der Waals surface area contributed by atoms with E-state index in [0.29, 0.717) is 15.7 Å². The van der Waals surface area contributed by atoms with Crippen molar-refractivity contribution >= 4 is 50.7 Å². The highest BCUT2D eigenvalue weighted by Gasteiger charge is 2.24. The minimum Gasteiger partial charge on any atom is -0.324 e. The van der Waals surface area contributed by atoms with Crippen molar-refractivity contribution in [1.29, 1.82) is 0 Å². The molecular weight excluding hydrogens is 301 g/mol. The lowest BCUT2D eigenvalue weighted by Gasteiger charge is -2.16. The summed E-state index contributed by atoms with van der Waals surface area (Å²) in [6.07, 6.45) is 0. The van der Waals surface area contributed by atoms with Gasteiger partial charge in [0.15, 0.2) is 0 Å². The zero-order chi connectivity index (χ0) is 11.6. The highest BCUT2D eigenvalue weighted by atomic mass is 79.9. The molecule has 0 saturated carbocycles. The van der Waals surface area contributed by atoms with Crippen molar-refractivity contribution in [2.24, 2.45) is 0 Å². The third kappa shape index (κ3) is 3.67. The van der Waals surface area contributed by atoms with E-state index in [9.17, 15) is 4.79 Å². The van der Waals surface area contributed by atoms with E-state index in [-0.39, 0.29) is 5.91 Å². The second-order valence-corrected chi connectivity index (χ2v) is 6.38. The van der Waals surface area contributed by atoms with Crippen LogP contribution in [0.1, 0.15) is 13.8 Å². The molecule has 2 nitrogen and oxygen atoms in total. The van der Waals surface area contributed by atoms with Crippen LogP contribution in [0, 0.1) is 0 Å². The molecule has 0 fully saturated rings. The van der Waals surface area contributed by atoms with Crippen molar-refractivity contribution in [2.45, 2.75) is 18.2 Å². The van der Waals surface area contributed by atoms with E-state index in [2.05, 4.69) is 21.2 Å². The van der Waals surface area contributed by atoms with Gasteiger partial charge in [-0.3, -0.25) is 4.79 Å². The lowest BCUT2D eigenvalue weighted by Crippen LogP contribution is -2.31. The summed E-state index contributed by atoms with van der Waals surface area (Å²) in [4.78, 5) is 11.6. The Labute approximate surface area is 107 Å². The maximum absolute atomic E-state index is 11.6. The molecule has 0 radical (unpaired) electrons. The number of hydrogen-bond acceptors (Lipinski definition) is 1. The molecule has 1 amide bonds. The van der Waals surface area contributed by atoms with E-state index < -0.39 is 4.32 Å². The number of anilines is 1. The van der Waals surface area contributed by atoms with Gasteiger partial charge in [0, 0.05) is 5.02 Å². The molecular formula is C10H10BrCl2NO. The molecule has 1 aromatic rings. The normalized spacial score (nSPS) is 11.3. The Morgan fingerprint density at radius 3 is 2.53 bits per heavy atom. The summed E-state index contributed by atoms with van der Waals surface area (Å²) >= 11 is 15.0. The van der Waals surface area contributed by atoms with Crippen molar-refractivity contribution < 1.29 is 4.79 Å². The Kier molecular flexibility index (Phi) is 4.04. The van der Waals surface area contributed by atoms with Gasteiger partial charge in [0.25, 0.3) is 0 Å². The molecule has 82 valence electrons. The van der Waals surface area contributed by atoms with E-state index in [1.165, 1.54) is 0 Å². The summed E-state index contributed by atoms with van der Waals surface area (Å²) in [5, 5.41) is 3.68. The van der Waals surface area contributed by atoms with Gasteiger partial charge >= 0.3 is 0 Å². The summed E-state index contributed by atoms with van der Waals surface area (Å²) in [5.41, 5.74) is 0.515. The zero-order valence-corrected chi connectivity index (χ0v) is 11.4. The van der Waals surface area contributed by atoms with Crippen LogP contribution < -0.4 is 5.32 Å². The summed E-state index contributed by atoms with van der Waals surface area (Å²) in [6.45, 7) is 3.50. The van der Waals surface area contributed by atoms with E-state index in [4.69, 9.17) is 23.2 Å². The first kappa shape index (κ1) is 12.8. The Morgan fingerprint density at radius 1 is 1.40 bits per heavy atom. The Balaban J connectivity index is 2.90. The third-order valence-electron chi connectivity index (χ3n) is 1.72. The third-order valence-corrected chi connectivity index (χ3v) is 2.64. The largest absolute Gasteiger partial charge is 0.324 e. The van der Waals surface area contributed by atoms with Crippen LogP contribution in [0.15, 0.2) is 18.2 Å². The number of halogens is 3. The minimum absolute atomic E-state index is 0.174. The van der Waals surface area contributed by atoms with Gasteiger partial charge in [0.2, 0.25) is 5.91 Å². The highest BCUT2D eigenvalue weighted by Crippen LogP contribution is 2.27. The first-order valence-electron chi connectivity index (χ1n) is 4.26. The van der Waals surface area contributed by atoms with Gasteiger partial charge in [-0.2, -0.15) is 0 Å². The molecule has 0 aliphatic rings. The average Bonchev–Trinajstić information content (AvgIpc) is 2.09. The molecule has 15 heavy (non-hydrogen) atoms. The van der Waals surface area contributed by atoms with Gasteiger partial charge in [-0.05, 0) is 32.0 Å². The second kappa shape index (κ2) is 4.73. The lowest BCUT2D eigenvalue weighted by atomic mass is 10.2. The van der Waals surface area contributed by atoms with E-state index in [0.717, 1.165) is 0 Å². The monoisotopic (exact) mass is 309 g/mol. The molecule has 0 atom stereocenters. The molecule has 0 heterocycles. The number of carbonyl (C=O) groups excluding carboxylic acids is 1. The van der Waals surface area contributed by atoms with Crippen LogP contribution in [0.25, 0.3) is 0 Å². The summed E-state index contributed by atoms with van der Waals surface area (Å²) in [5.74, 6) is -0.174. The number of benzene rings is 1. The van der Waals surface area contributed by atoms with Crippen LogP contribution in [0.5, 0.6) is 0 Å². The van der Waals surface area contributed by atoms with Crippen LogP contribution in [0.3, 0.4) is 0 Å². The molecule has 0 unspecified atom stereocenters. The predicted molar refractivity (Wildman–Crippen MR) is 68.1 cm³/mol. The van der Waals surface area contributed by atoms with E-state index >= 15 is 0 Å². The van der Waals surface area contributed by atoms with Crippen molar-refractivity contribution in [3.63, 3.8) is 0 Å². The maximum atomic E-state index is 11.6. The Bertz CT molecular complexity index is 387. The van der Waals surface area contributed by atoms with Crippen LogP contribution >= 0.6 is 39.1 Å². The fourth-order valence-electron chi connectivity index (χ4n) is 0.864. The maximum Gasteiger partial charge on any atom is 0.240 e. The molecule has 1 aromatic carbocycles. The topological polar surface area (TPSA) is 29.1 Å². The van der Waals surface area contributed by atoms with Gasteiger partial charge < -0.3 is 5.32 Å². The summed E-state index contributed by atoms with van der Waals surface area (Å²) in [6, 6.07) is 4.92. The first-order valence-corrected chi connectivity index (χ1v) is 5.81. The number of alkyl halides is 1. The van der Waals surface area contributed by atoms with Gasteiger partial charge in [-0.15, -0.1) is 0 Å². The molecule has 0 bridgehead atoms. The Morgan fingerprint density at radius 2 is 2.00 bits per heavy atom. The van der Waals surface area contributed by atoms with Gasteiger partial charge in [0.1, 0.15) is 0 Å². The van der Waals surface area contributed by atoms with Crippen molar-refractivity contribution in [3.8, 4) is 0 Å². The quantitative estimate of drug-likeness (QED) is 0.818. The fourth-order valence-corrected chi connectivity index (χ4v) is 1.30. The van der Waals surface area contributed by atoms with Crippen LogP contribution in [0.2, 0.25) is 10.0 Å². The minimum atomic E-state index is -0.640. The van der Waals surface area contributed by atoms with E-state index in [1.807, 2.05) is 0 Å². The molecule has 0 aliphatic carbocycles. The molecule has 0 aliphatic heterocycles. The Hall–Kier alpha value is -0.250. The van der Waals surface area contributed by atoms with Crippen LogP contribution in [-0.2, 0) is 4.79 Å². The molecule has 0 spiro atoms. The van der Waals surface area contributed by atoms with Crippen LogP contribution in [0.4, 0.5) is 5.69 Å². The van der Waals surface area contributed by atoms with Gasteiger partial charge in [-0.1, -0.05) is 39.1 Å². The average molecular weight is 311 g/mol. The second-order valence-electron chi connectivity index (χ2n) is 3.55. The molecule has 1 N–H and O–H groups in total. The van der Waals surface area contributed by atoms with Crippen molar-refractivity contribution in [1.82, 2.24) is 0 Å². The highest BCUT2D eigenvalue weighted by molar-refractivity contribution is 9.10. The number of carbonyl (C=O) groups is 1. The van der Waals surface area contributed by atoms with Crippen molar-refractivity contribution in [3.05, 3.63) is 28.2 Å². The summed E-state index contributed by atoms with van der Waals surface area (Å²) < 4.78 is -0.640. The standard InChI is InChI=1S/C10H10BrCl2NO/c1-10(2,11)9(15)14-8-5-6(12)3-4-7(8)13/h3-5H,1-2H3,(H,14,15). The number of rotatable bonds is 2. The molecule has 0 saturated heterocycles. The smallest absolute Gasteiger partial charge is 0.240 e. The SMILES string of the molecule is CC(C)(Br)C(=O)Nc1cc(Cl)ccc1Cl. The van der Waals surface area contributed by atoms with E-state index in [1.54, 1.807) is 32.0 Å². The van der Waals surface area contributed by atoms with Crippen LogP contribution in [-0.4, -0.2) is 10.2 Å². The molecule has 5 heteroatoms. The number of hydrogen-bond donors (Lipinski definition) is 1. The van der Waals surface area contributed by atoms with Crippen molar-refractivity contribution in [2.75, 3.05) is 5.32 Å². The lowest BCUT2D eigenvalue weighted by molar-refractivity contribution is -0.117. The van der Waals surface area contributed by atoms with Gasteiger partial charge in [-0.25, -0.2) is 0 Å².